The monoisotopic (exact) mass is 222 g/mol. The lowest BCUT2D eigenvalue weighted by molar-refractivity contribution is 0.313. The van der Waals surface area contributed by atoms with E-state index in [9.17, 15) is 4.79 Å². The van der Waals surface area contributed by atoms with Gasteiger partial charge in [-0.05, 0) is 20.3 Å². The molecule has 0 saturated carbocycles. The van der Waals surface area contributed by atoms with Gasteiger partial charge in [-0.3, -0.25) is 4.79 Å². The minimum atomic E-state index is -0.125. The highest BCUT2D eigenvalue weighted by atomic mass is 16.5. The zero-order chi connectivity index (χ0) is 11.7. The van der Waals surface area contributed by atoms with Crippen molar-refractivity contribution in [2.45, 2.75) is 27.2 Å². The van der Waals surface area contributed by atoms with Crippen LogP contribution < -0.4 is 10.3 Å². The molecule has 16 heavy (non-hydrogen) atoms. The number of hydrogen-bond acceptors (Lipinski definition) is 4. The van der Waals surface area contributed by atoms with Crippen LogP contribution in [0.4, 0.5) is 0 Å². The molecule has 1 N–H and O–H groups in total. The van der Waals surface area contributed by atoms with Gasteiger partial charge in [-0.2, -0.15) is 9.50 Å². The second-order valence-electron chi connectivity index (χ2n) is 3.44. The molecule has 2 rings (SSSR count). The van der Waals surface area contributed by atoms with E-state index in [1.165, 1.54) is 4.52 Å². The van der Waals surface area contributed by atoms with Gasteiger partial charge in [0, 0.05) is 5.56 Å². The van der Waals surface area contributed by atoms with Crippen molar-refractivity contribution in [3.05, 3.63) is 21.6 Å². The van der Waals surface area contributed by atoms with Crippen LogP contribution in [0.1, 0.15) is 25.1 Å². The lowest BCUT2D eigenvalue weighted by atomic mass is 10.2. The van der Waals surface area contributed by atoms with Gasteiger partial charge in [0.05, 0.1) is 12.3 Å². The molecule has 6 heteroatoms. The molecule has 0 amide bonds. The molecule has 6 nitrogen and oxygen atoms in total. The van der Waals surface area contributed by atoms with E-state index in [4.69, 9.17) is 4.74 Å². The minimum Gasteiger partial charge on any atom is -0.464 e. The average Bonchev–Trinajstić information content (AvgIpc) is 2.67. The summed E-state index contributed by atoms with van der Waals surface area (Å²) in [5, 5.41) is 2.77. The maximum absolute atomic E-state index is 11.9. The first kappa shape index (κ1) is 10.7. The van der Waals surface area contributed by atoms with E-state index in [0.717, 1.165) is 5.69 Å². The van der Waals surface area contributed by atoms with Crippen LogP contribution in [0.3, 0.4) is 0 Å². The molecule has 0 fully saturated rings. The summed E-state index contributed by atoms with van der Waals surface area (Å²) >= 11 is 0. The first-order valence-electron chi connectivity index (χ1n) is 5.28. The summed E-state index contributed by atoms with van der Waals surface area (Å²) < 4.78 is 6.50. The molecule has 2 heterocycles. The van der Waals surface area contributed by atoms with Crippen LogP contribution in [0, 0.1) is 6.92 Å². The summed E-state index contributed by atoms with van der Waals surface area (Å²) in [6.07, 6.45) is 0.717. The quantitative estimate of drug-likeness (QED) is 0.829. The van der Waals surface area contributed by atoms with E-state index in [-0.39, 0.29) is 5.56 Å². The van der Waals surface area contributed by atoms with Gasteiger partial charge in [0.15, 0.2) is 0 Å². The van der Waals surface area contributed by atoms with Crippen LogP contribution >= 0.6 is 0 Å². The third-order valence-corrected chi connectivity index (χ3v) is 2.42. The van der Waals surface area contributed by atoms with Crippen LogP contribution in [-0.4, -0.2) is 26.2 Å². The highest BCUT2D eigenvalue weighted by Crippen LogP contribution is 2.06. The maximum Gasteiger partial charge on any atom is 0.312 e. The number of aromatic nitrogens is 4. The maximum atomic E-state index is 11.9. The Morgan fingerprint density at radius 1 is 1.38 bits per heavy atom. The molecular weight excluding hydrogens is 208 g/mol. The molecule has 0 aliphatic heterocycles. The van der Waals surface area contributed by atoms with Gasteiger partial charge in [0.25, 0.3) is 11.3 Å². The number of hydrogen-bond donors (Lipinski definition) is 1. The van der Waals surface area contributed by atoms with Crippen molar-refractivity contribution in [2.75, 3.05) is 6.61 Å². The van der Waals surface area contributed by atoms with Crippen LogP contribution in [0.25, 0.3) is 5.78 Å². The second-order valence-corrected chi connectivity index (χ2v) is 3.44. The number of nitrogens with one attached hydrogen (secondary N) is 1. The SMILES string of the molecule is CCOc1nc2nc(CC)c(C)c(=O)n2[nH]1. The number of ether oxygens (including phenoxy) is 1. The summed E-state index contributed by atoms with van der Waals surface area (Å²) in [4.78, 5) is 20.3. The van der Waals surface area contributed by atoms with Gasteiger partial charge in [0.1, 0.15) is 0 Å². The van der Waals surface area contributed by atoms with Gasteiger partial charge in [-0.15, -0.1) is 0 Å². The fraction of sp³-hybridized carbons (Fsp3) is 0.500. The van der Waals surface area contributed by atoms with Gasteiger partial charge < -0.3 is 4.74 Å². The Kier molecular flexibility index (Phi) is 2.64. The molecule has 0 unspecified atom stereocenters. The van der Waals surface area contributed by atoms with Crippen LogP contribution in [0.2, 0.25) is 0 Å². The average molecular weight is 222 g/mol. The predicted octanol–water partition coefficient (Wildman–Crippen LogP) is 0.687. The van der Waals surface area contributed by atoms with Crippen molar-refractivity contribution < 1.29 is 4.74 Å². The number of aryl methyl sites for hydroxylation is 1. The largest absolute Gasteiger partial charge is 0.464 e. The smallest absolute Gasteiger partial charge is 0.312 e. The van der Waals surface area contributed by atoms with E-state index in [2.05, 4.69) is 15.1 Å². The molecule has 2 aromatic heterocycles. The van der Waals surface area contributed by atoms with E-state index < -0.39 is 0 Å². The highest BCUT2D eigenvalue weighted by Gasteiger charge is 2.11. The minimum absolute atomic E-state index is 0.125. The van der Waals surface area contributed by atoms with Gasteiger partial charge in [0.2, 0.25) is 0 Å². The Hall–Kier alpha value is -1.85. The normalized spacial score (nSPS) is 10.9. The van der Waals surface area contributed by atoms with Crippen molar-refractivity contribution in [3.63, 3.8) is 0 Å². The summed E-state index contributed by atoms with van der Waals surface area (Å²) in [6.45, 7) is 6.07. The highest BCUT2D eigenvalue weighted by molar-refractivity contribution is 5.32. The van der Waals surface area contributed by atoms with Crippen molar-refractivity contribution in [2.24, 2.45) is 0 Å². The standard InChI is InChI=1S/C10H14N4O2/c1-4-7-6(3)8(15)14-9(11-7)12-10(13-14)16-5-2/h4-5H2,1-3H3,(H,11,12,13). The van der Waals surface area contributed by atoms with Crippen molar-refractivity contribution in [3.8, 4) is 6.01 Å². The Balaban J connectivity index is 2.68. The first-order valence-corrected chi connectivity index (χ1v) is 5.28. The Morgan fingerprint density at radius 3 is 2.75 bits per heavy atom. The summed E-state index contributed by atoms with van der Waals surface area (Å²) in [6, 6.07) is 0.319. The zero-order valence-corrected chi connectivity index (χ0v) is 9.57. The van der Waals surface area contributed by atoms with Crippen molar-refractivity contribution in [1.82, 2.24) is 19.6 Å². The van der Waals surface area contributed by atoms with Gasteiger partial charge in [-0.25, -0.2) is 10.1 Å². The Labute approximate surface area is 92.3 Å². The number of rotatable bonds is 3. The summed E-state index contributed by atoms with van der Waals surface area (Å²) in [5.74, 6) is 0.357. The number of nitrogens with zero attached hydrogens (tertiary/aromatic N) is 3. The first-order chi connectivity index (χ1) is 7.67. The molecule has 0 aromatic carbocycles. The van der Waals surface area contributed by atoms with Crippen LogP contribution in [0.15, 0.2) is 4.79 Å². The summed E-state index contributed by atoms with van der Waals surface area (Å²) in [5.41, 5.74) is 1.30. The second kappa shape index (κ2) is 3.96. The molecule has 0 bridgehead atoms. The third kappa shape index (κ3) is 1.56. The van der Waals surface area contributed by atoms with Gasteiger partial charge >= 0.3 is 6.01 Å². The molecular formula is C10H14N4O2. The van der Waals surface area contributed by atoms with E-state index in [0.29, 0.717) is 30.4 Å². The molecule has 0 aliphatic rings. The number of fused-ring (bicyclic) bond motifs is 1. The molecule has 0 aliphatic carbocycles. The van der Waals surface area contributed by atoms with Crippen molar-refractivity contribution >= 4 is 5.78 Å². The van der Waals surface area contributed by atoms with Crippen LogP contribution in [-0.2, 0) is 6.42 Å². The van der Waals surface area contributed by atoms with Gasteiger partial charge in [-0.1, -0.05) is 6.92 Å². The van der Waals surface area contributed by atoms with E-state index in [1.807, 2.05) is 13.8 Å². The topological polar surface area (TPSA) is 72.3 Å². The third-order valence-electron chi connectivity index (χ3n) is 2.42. The lowest BCUT2D eigenvalue weighted by Crippen LogP contribution is -2.20. The lowest BCUT2D eigenvalue weighted by Gasteiger charge is -1.99. The Morgan fingerprint density at radius 2 is 2.12 bits per heavy atom. The molecule has 0 spiro atoms. The number of aromatic amines is 1. The zero-order valence-electron chi connectivity index (χ0n) is 9.57. The molecule has 2 aromatic rings. The predicted molar refractivity (Wildman–Crippen MR) is 58.9 cm³/mol. The van der Waals surface area contributed by atoms with E-state index >= 15 is 0 Å². The number of H-pyrrole nitrogens is 1. The summed E-state index contributed by atoms with van der Waals surface area (Å²) in [7, 11) is 0. The Bertz CT molecular complexity index is 570. The molecule has 0 radical (unpaired) electrons. The fourth-order valence-corrected chi connectivity index (χ4v) is 1.57. The van der Waals surface area contributed by atoms with Crippen molar-refractivity contribution in [1.29, 1.82) is 0 Å². The molecule has 0 saturated heterocycles. The van der Waals surface area contributed by atoms with E-state index in [1.54, 1.807) is 6.92 Å². The molecule has 86 valence electrons. The fourth-order valence-electron chi connectivity index (χ4n) is 1.57. The molecule has 0 atom stereocenters. The van der Waals surface area contributed by atoms with Crippen LogP contribution in [0.5, 0.6) is 6.01 Å².